The van der Waals surface area contributed by atoms with Gasteiger partial charge in [0.15, 0.2) is 0 Å². The van der Waals surface area contributed by atoms with E-state index in [9.17, 15) is 9.90 Å². The van der Waals surface area contributed by atoms with Gasteiger partial charge in [-0.1, -0.05) is 11.6 Å². The van der Waals surface area contributed by atoms with Crippen molar-refractivity contribution in [2.24, 2.45) is 5.92 Å². The number of carbonyl (C=O) groups is 1. The number of rotatable bonds is 4. The number of nitrogens with one attached hydrogen (secondary N) is 1. The molecule has 25 heavy (non-hydrogen) atoms. The molecule has 0 bridgehead atoms. The zero-order valence-electron chi connectivity index (χ0n) is 14.1. The van der Waals surface area contributed by atoms with Gasteiger partial charge in [-0.2, -0.15) is 0 Å². The summed E-state index contributed by atoms with van der Waals surface area (Å²) >= 11 is 0. The second kappa shape index (κ2) is 6.37. The van der Waals surface area contributed by atoms with Gasteiger partial charge in [0.05, 0.1) is 24.0 Å². The van der Waals surface area contributed by atoms with Crippen LogP contribution in [0, 0.1) is 12.8 Å². The van der Waals surface area contributed by atoms with Gasteiger partial charge in [0.2, 0.25) is 0 Å². The Morgan fingerprint density at radius 1 is 1.44 bits per heavy atom. The smallest absolute Gasteiger partial charge is 0.255 e. The van der Waals surface area contributed by atoms with E-state index in [0.717, 1.165) is 23.9 Å². The van der Waals surface area contributed by atoms with E-state index in [4.69, 9.17) is 4.42 Å². The van der Waals surface area contributed by atoms with Gasteiger partial charge in [0.1, 0.15) is 11.8 Å². The van der Waals surface area contributed by atoms with Crippen molar-refractivity contribution in [1.82, 2.24) is 14.9 Å². The van der Waals surface area contributed by atoms with E-state index >= 15 is 0 Å². The molecule has 1 saturated carbocycles. The molecule has 0 radical (unpaired) electrons. The molecule has 0 saturated heterocycles. The van der Waals surface area contributed by atoms with E-state index in [-0.39, 0.29) is 11.9 Å². The average molecular weight is 339 g/mol. The molecule has 3 aromatic rings. The first-order valence-electron chi connectivity index (χ1n) is 8.52. The van der Waals surface area contributed by atoms with E-state index in [1.54, 1.807) is 12.5 Å². The van der Waals surface area contributed by atoms with Crippen LogP contribution in [0.3, 0.4) is 0 Å². The number of imidazole rings is 1. The van der Waals surface area contributed by atoms with Gasteiger partial charge in [-0.05, 0) is 37.8 Å². The van der Waals surface area contributed by atoms with Crippen LogP contribution in [0.4, 0.5) is 0 Å². The summed E-state index contributed by atoms with van der Waals surface area (Å²) in [5.74, 6) is 0.120. The molecule has 1 aromatic carbocycles. The van der Waals surface area contributed by atoms with Crippen molar-refractivity contribution in [3.8, 4) is 0 Å². The molecule has 1 fully saturated rings. The second-order valence-corrected chi connectivity index (χ2v) is 6.89. The SMILES string of the molecule is Cc1ccc2occ(C(=O)N[C@@H]3CC(Cn4ccnc4)C[C@H]3O)c2c1. The number of amides is 1. The van der Waals surface area contributed by atoms with Crippen molar-refractivity contribution in [3.05, 3.63) is 54.3 Å². The van der Waals surface area contributed by atoms with E-state index in [0.29, 0.717) is 23.5 Å². The zero-order valence-corrected chi connectivity index (χ0v) is 14.1. The van der Waals surface area contributed by atoms with Crippen molar-refractivity contribution >= 4 is 16.9 Å². The maximum atomic E-state index is 12.7. The lowest BCUT2D eigenvalue weighted by Crippen LogP contribution is -2.39. The van der Waals surface area contributed by atoms with Gasteiger partial charge in [0, 0.05) is 24.3 Å². The molecule has 130 valence electrons. The summed E-state index contributed by atoms with van der Waals surface area (Å²) < 4.78 is 7.48. The standard InChI is InChI=1S/C19H21N3O3/c1-12-2-3-18-14(6-12)15(10-25-18)19(24)21-16-7-13(8-17(16)23)9-22-5-4-20-11-22/h2-6,10-11,13,16-17,23H,7-9H2,1H3,(H,21,24)/t13?,16-,17-/m1/s1. The van der Waals surface area contributed by atoms with Crippen molar-refractivity contribution in [3.63, 3.8) is 0 Å². The topological polar surface area (TPSA) is 80.3 Å². The molecule has 6 heteroatoms. The molecule has 2 N–H and O–H groups in total. The Balaban J connectivity index is 1.45. The summed E-state index contributed by atoms with van der Waals surface area (Å²) in [6.07, 6.45) is 7.82. The highest BCUT2D eigenvalue weighted by molar-refractivity contribution is 6.06. The van der Waals surface area contributed by atoms with Crippen LogP contribution >= 0.6 is 0 Å². The van der Waals surface area contributed by atoms with Crippen LogP contribution in [-0.2, 0) is 6.54 Å². The summed E-state index contributed by atoms with van der Waals surface area (Å²) in [7, 11) is 0. The molecular formula is C19H21N3O3. The number of aryl methyl sites for hydroxylation is 1. The number of carbonyl (C=O) groups excluding carboxylic acids is 1. The van der Waals surface area contributed by atoms with Crippen LogP contribution in [0.1, 0.15) is 28.8 Å². The van der Waals surface area contributed by atoms with Gasteiger partial charge in [-0.15, -0.1) is 0 Å². The van der Waals surface area contributed by atoms with Crippen LogP contribution in [0.2, 0.25) is 0 Å². The molecule has 1 aliphatic rings. The van der Waals surface area contributed by atoms with Crippen LogP contribution in [0.25, 0.3) is 11.0 Å². The lowest BCUT2D eigenvalue weighted by molar-refractivity contribution is 0.0873. The highest BCUT2D eigenvalue weighted by Crippen LogP contribution is 2.29. The summed E-state index contributed by atoms with van der Waals surface area (Å²) in [5, 5.41) is 14.1. The van der Waals surface area contributed by atoms with E-state index in [2.05, 4.69) is 10.3 Å². The number of hydrogen-bond donors (Lipinski definition) is 2. The Morgan fingerprint density at radius 2 is 2.32 bits per heavy atom. The first-order chi connectivity index (χ1) is 12.1. The molecule has 2 heterocycles. The Morgan fingerprint density at radius 3 is 3.12 bits per heavy atom. The minimum atomic E-state index is -0.530. The van der Waals surface area contributed by atoms with Crippen molar-refractivity contribution in [1.29, 1.82) is 0 Å². The molecule has 3 atom stereocenters. The molecule has 2 aromatic heterocycles. The monoisotopic (exact) mass is 339 g/mol. The van der Waals surface area contributed by atoms with Gasteiger partial charge < -0.3 is 19.4 Å². The third-order valence-corrected chi connectivity index (χ3v) is 4.94. The third-order valence-electron chi connectivity index (χ3n) is 4.94. The molecule has 1 unspecified atom stereocenters. The normalized spacial score (nSPS) is 23.2. The minimum Gasteiger partial charge on any atom is -0.463 e. The number of hydrogen-bond acceptors (Lipinski definition) is 4. The van der Waals surface area contributed by atoms with Crippen LogP contribution in [0.5, 0.6) is 0 Å². The largest absolute Gasteiger partial charge is 0.463 e. The Labute approximate surface area is 145 Å². The number of benzene rings is 1. The lowest BCUT2D eigenvalue weighted by Gasteiger charge is -2.16. The van der Waals surface area contributed by atoms with Crippen LogP contribution < -0.4 is 5.32 Å². The quantitative estimate of drug-likeness (QED) is 0.765. The lowest BCUT2D eigenvalue weighted by atomic mass is 10.1. The van der Waals surface area contributed by atoms with Crippen molar-refractivity contribution < 1.29 is 14.3 Å². The van der Waals surface area contributed by atoms with Crippen molar-refractivity contribution in [2.45, 2.75) is 38.5 Å². The Bertz CT molecular complexity index is 885. The summed E-state index contributed by atoms with van der Waals surface area (Å²) in [6, 6.07) is 5.53. The predicted octanol–water partition coefficient (Wildman–Crippen LogP) is 2.51. The Kier molecular flexibility index (Phi) is 4.05. The maximum absolute atomic E-state index is 12.7. The summed E-state index contributed by atoms with van der Waals surface area (Å²) in [5.41, 5.74) is 2.29. The predicted molar refractivity (Wildman–Crippen MR) is 93.2 cm³/mol. The van der Waals surface area contributed by atoms with Gasteiger partial charge >= 0.3 is 0 Å². The van der Waals surface area contributed by atoms with E-state index in [1.165, 1.54) is 6.26 Å². The first kappa shape index (κ1) is 15.9. The van der Waals surface area contributed by atoms with Gasteiger partial charge in [-0.25, -0.2) is 4.98 Å². The summed E-state index contributed by atoms with van der Waals surface area (Å²) in [6.45, 7) is 2.78. The maximum Gasteiger partial charge on any atom is 0.255 e. The van der Waals surface area contributed by atoms with Gasteiger partial charge in [-0.3, -0.25) is 4.79 Å². The fourth-order valence-corrected chi connectivity index (χ4v) is 3.68. The molecule has 6 nitrogen and oxygen atoms in total. The average Bonchev–Trinajstić information content (AvgIpc) is 3.29. The Hall–Kier alpha value is -2.60. The molecule has 1 amide bonds. The number of nitrogens with zero attached hydrogens (tertiary/aromatic N) is 2. The highest BCUT2D eigenvalue weighted by atomic mass is 16.3. The molecular weight excluding hydrogens is 318 g/mol. The molecule has 0 aliphatic heterocycles. The number of aliphatic hydroxyl groups is 1. The van der Waals surface area contributed by atoms with Crippen LogP contribution in [0.15, 0.2) is 47.6 Å². The molecule has 1 aliphatic carbocycles. The number of fused-ring (bicyclic) bond motifs is 1. The number of aliphatic hydroxyl groups excluding tert-OH is 1. The number of aromatic nitrogens is 2. The van der Waals surface area contributed by atoms with Crippen LogP contribution in [-0.4, -0.2) is 32.7 Å². The zero-order chi connectivity index (χ0) is 17.4. The van der Waals surface area contributed by atoms with Crippen molar-refractivity contribution in [2.75, 3.05) is 0 Å². The minimum absolute atomic E-state index is 0.198. The second-order valence-electron chi connectivity index (χ2n) is 6.89. The first-order valence-corrected chi connectivity index (χ1v) is 8.52. The molecule has 4 rings (SSSR count). The molecule has 0 spiro atoms. The third kappa shape index (κ3) is 3.17. The fraction of sp³-hybridized carbons (Fsp3) is 0.368. The number of furan rings is 1. The highest BCUT2D eigenvalue weighted by Gasteiger charge is 2.34. The van der Waals surface area contributed by atoms with E-state index < -0.39 is 6.10 Å². The van der Waals surface area contributed by atoms with Gasteiger partial charge in [0.25, 0.3) is 5.91 Å². The summed E-state index contributed by atoms with van der Waals surface area (Å²) in [4.78, 5) is 16.7. The fourth-order valence-electron chi connectivity index (χ4n) is 3.68. The van der Waals surface area contributed by atoms with E-state index in [1.807, 2.05) is 35.9 Å².